The molecule has 6 heteroatoms. The summed E-state index contributed by atoms with van der Waals surface area (Å²) in [6, 6.07) is 6.46. The first-order chi connectivity index (χ1) is 5.93. The molecule has 0 amide bonds. The van der Waals surface area contributed by atoms with Gasteiger partial charge in [0.2, 0.25) is 0 Å². The first kappa shape index (κ1) is 17.5. The first-order valence-electron chi connectivity index (χ1n) is 3.99. The molecule has 0 fully saturated rings. The fraction of sp³-hybridized carbons (Fsp3) is 0.333. The second-order valence-corrected chi connectivity index (χ2v) is 4.56. The van der Waals surface area contributed by atoms with Crippen LogP contribution >= 0.6 is 0 Å². The van der Waals surface area contributed by atoms with Crippen LogP contribution in [0.1, 0.15) is 25.3 Å². The van der Waals surface area contributed by atoms with Gasteiger partial charge in [0.05, 0.1) is 4.90 Å². The van der Waals surface area contributed by atoms with Crippen molar-refractivity contribution in [3.05, 3.63) is 29.8 Å². The van der Waals surface area contributed by atoms with Gasteiger partial charge in [0.25, 0.3) is 10.1 Å². The monoisotopic (exact) mass is 240 g/mol. The Kier molecular flexibility index (Phi) is 7.72. The first-order valence-corrected chi connectivity index (χ1v) is 5.43. The van der Waals surface area contributed by atoms with Crippen molar-refractivity contribution in [2.24, 2.45) is 0 Å². The minimum absolute atomic E-state index is 0. The van der Waals surface area contributed by atoms with Crippen LogP contribution in [0.25, 0.3) is 0 Å². The van der Waals surface area contributed by atoms with Gasteiger partial charge in [-0.15, -0.1) is 0 Å². The Morgan fingerprint density at radius 1 is 1.20 bits per heavy atom. The number of hydrogen-bond acceptors (Lipinski definition) is 3. The Bertz CT molecular complexity index is 400. The average molecular weight is 240 g/mol. The van der Waals surface area contributed by atoms with Crippen molar-refractivity contribution in [2.45, 2.75) is 24.7 Å². The van der Waals surface area contributed by atoms with Crippen molar-refractivity contribution in [3.63, 3.8) is 0 Å². The van der Waals surface area contributed by atoms with Crippen LogP contribution in [-0.2, 0) is 10.1 Å². The summed E-state index contributed by atoms with van der Waals surface area (Å²) in [6.07, 6.45) is 0. The van der Waals surface area contributed by atoms with Gasteiger partial charge in [-0.1, -0.05) is 32.0 Å². The van der Waals surface area contributed by atoms with Crippen LogP contribution in [0.3, 0.4) is 0 Å². The van der Waals surface area contributed by atoms with Crippen molar-refractivity contribution in [1.82, 2.24) is 0 Å². The molecule has 1 aromatic carbocycles. The van der Waals surface area contributed by atoms with E-state index in [1.54, 1.807) is 18.2 Å². The van der Waals surface area contributed by atoms with Crippen LogP contribution in [-0.4, -0.2) is 18.4 Å². The van der Waals surface area contributed by atoms with Gasteiger partial charge in [0.1, 0.15) is 0 Å². The molecule has 0 aliphatic carbocycles. The fourth-order valence-electron chi connectivity index (χ4n) is 1.19. The molecule has 15 heavy (non-hydrogen) atoms. The molecule has 0 heterocycles. The third kappa shape index (κ3) is 4.63. The van der Waals surface area contributed by atoms with Crippen LogP contribution < -0.4 is 29.6 Å². The van der Waals surface area contributed by atoms with Gasteiger partial charge in [0.15, 0.2) is 0 Å². The zero-order valence-corrected chi connectivity index (χ0v) is 11.8. The normalized spacial score (nSPS) is 10.4. The van der Waals surface area contributed by atoms with Crippen LogP contribution in [0.2, 0.25) is 0 Å². The quantitative estimate of drug-likeness (QED) is 0.524. The average Bonchev–Trinajstić information content (AvgIpc) is 2.03. The van der Waals surface area contributed by atoms with Crippen molar-refractivity contribution < 1.29 is 48.0 Å². The maximum Gasteiger partial charge on any atom is 1.00 e. The Hall–Kier alpha value is 0.0900. The summed E-state index contributed by atoms with van der Waals surface area (Å²) < 4.78 is 30.7. The van der Waals surface area contributed by atoms with Crippen molar-refractivity contribution in [3.8, 4) is 0 Å². The molecule has 0 unspecified atom stereocenters. The maximum absolute atomic E-state index is 10.9. The van der Waals surface area contributed by atoms with E-state index in [9.17, 15) is 8.42 Å². The zero-order valence-electron chi connectivity index (χ0n) is 9.01. The van der Waals surface area contributed by atoms with Gasteiger partial charge in [-0.05, 0) is 17.5 Å². The van der Waals surface area contributed by atoms with Gasteiger partial charge in [-0.2, -0.15) is 8.42 Å². The third-order valence-electron chi connectivity index (χ3n) is 1.82. The Balaban J connectivity index is 0. The van der Waals surface area contributed by atoms with E-state index in [1.165, 1.54) is 6.07 Å². The standard InChI is InChI=1S/C9H12O3S.Na.H2O/c1-7(2)8-5-3-4-6-9(8)13(10,11)12;;/h3-7H,1-2H3,(H,10,11,12);;1H2/q;+1;/p-1. The minimum Gasteiger partial charge on any atom is -0.870 e. The zero-order chi connectivity index (χ0) is 10.1. The van der Waals surface area contributed by atoms with Crippen LogP contribution in [0.4, 0.5) is 0 Å². The van der Waals surface area contributed by atoms with E-state index in [1.807, 2.05) is 13.8 Å². The van der Waals surface area contributed by atoms with E-state index in [0.717, 1.165) is 0 Å². The SMILES string of the molecule is CC(C)c1ccccc1S(=O)(=O)O.[Na+].[OH-]. The number of hydrogen-bond donors (Lipinski definition) is 1. The van der Waals surface area contributed by atoms with E-state index in [2.05, 4.69) is 0 Å². The van der Waals surface area contributed by atoms with Gasteiger partial charge >= 0.3 is 29.6 Å². The third-order valence-corrected chi connectivity index (χ3v) is 2.75. The predicted molar refractivity (Wildman–Crippen MR) is 52.3 cm³/mol. The van der Waals surface area contributed by atoms with E-state index in [4.69, 9.17) is 4.55 Å². The molecule has 1 aromatic rings. The molecule has 0 bridgehead atoms. The number of benzene rings is 1. The molecule has 0 atom stereocenters. The summed E-state index contributed by atoms with van der Waals surface area (Å²) in [5.74, 6) is 0.0816. The molecule has 80 valence electrons. The molecular formula is C9H13NaO4S. The summed E-state index contributed by atoms with van der Waals surface area (Å²) >= 11 is 0. The van der Waals surface area contributed by atoms with E-state index in [0.29, 0.717) is 5.56 Å². The minimum atomic E-state index is -4.08. The molecule has 1 rings (SSSR count). The second kappa shape index (κ2) is 6.62. The molecular weight excluding hydrogens is 227 g/mol. The van der Waals surface area contributed by atoms with E-state index in [-0.39, 0.29) is 45.8 Å². The van der Waals surface area contributed by atoms with Gasteiger partial charge in [-0.3, -0.25) is 4.55 Å². The van der Waals surface area contributed by atoms with Crippen LogP contribution in [0.15, 0.2) is 29.2 Å². The largest absolute Gasteiger partial charge is 1.00 e. The van der Waals surface area contributed by atoms with Crippen molar-refractivity contribution in [2.75, 3.05) is 0 Å². The summed E-state index contributed by atoms with van der Waals surface area (Å²) in [5, 5.41) is 0. The molecule has 2 N–H and O–H groups in total. The molecule has 0 aliphatic heterocycles. The van der Waals surface area contributed by atoms with Crippen LogP contribution in [0.5, 0.6) is 0 Å². The van der Waals surface area contributed by atoms with Crippen molar-refractivity contribution in [1.29, 1.82) is 0 Å². The molecule has 0 aliphatic rings. The molecule has 0 saturated heterocycles. The molecule has 4 nitrogen and oxygen atoms in total. The van der Waals surface area contributed by atoms with E-state index < -0.39 is 10.1 Å². The van der Waals surface area contributed by atoms with Crippen LogP contribution in [0, 0.1) is 0 Å². The van der Waals surface area contributed by atoms with Gasteiger partial charge < -0.3 is 5.48 Å². The van der Waals surface area contributed by atoms with E-state index >= 15 is 0 Å². The van der Waals surface area contributed by atoms with Gasteiger partial charge in [0, 0.05) is 0 Å². The second-order valence-electron chi connectivity index (χ2n) is 3.17. The smallest absolute Gasteiger partial charge is 0.870 e. The van der Waals surface area contributed by atoms with Crippen molar-refractivity contribution >= 4 is 10.1 Å². The summed E-state index contributed by atoms with van der Waals surface area (Å²) in [7, 11) is -4.08. The fourth-order valence-corrected chi connectivity index (χ4v) is 2.04. The molecule has 0 radical (unpaired) electrons. The molecule has 0 spiro atoms. The maximum atomic E-state index is 10.9. The Morgan fingerprint density at radius 2 is 1.67 bits per heavy atom. The Labute approximate surface area is 112 Å². The topological polar surface area (TPSA) is 84.4 Å². The summed E-state index contributed by atoms with van der Waals surface area (Å²) in [5.41, 5.74) is 0.644. The predicted octanol–water partition coefficient (Wildman–Crippen LogP) is -1.12. The molecule has 0 saturated carbocycles. The van der Waals surface area contributed by atoms with Gasteiger partial charge in [-0.25, -0.2) is 0 Å². The Morgan fingerprint density at radius 3 is 2.00 bits per heavy atom. The molecule has 0 aromatic heterocycles. The summed E-state index contributed by atoms with van der Waals surface area (Å²) in [6.45, 7) is 3.76. The summed E-state index contributed by atoms with van der Waals surface area (Å²) in [4.78, 5) is 0.00463. The number of rotatable bonds is 2.